The fourth-order valence-corrected chi connectivity index (χ4v) is 2.46. The normalized spacial score (nSPS) is 16.6. The van der Waals surface area contributed by atoms with Crippen LogP contribution in [0.3, 0.4) is 0 Å². The van der Waals surface area contributed by atoms with E-state index in [1.807, 2.05) is 0 Å². The van der Waals surface area contributed by atoms with Gasteiger partial charge in [-0.05, 0) is 0 Å². The monoisotopic (exact) mass is 373 g/mol. The molecule has 0 amide bonds. The summed E-state index contributed by atoms with van der Waals surface area (Å²) in [6.07, 6.45) is 1.95. The van der Waals surface area contributed by atoms with Crippen molar-refractivity contribution in [2.75, 3.05) is 13.1 Å². The van der Waals surface area contributed by atoms with E-state index in [4.69, 9.17) is 19.6 Å². The third kappa shape index (κ3) is 8.01. The van der Waals surface area contributed by atoms with Crippen molar-refractivity contribution in [3.63, 3.8) is 0 Å². The van der Waals surface area contributed by atoms with Gasteiger partial charge in [-0.2, -0.15) is 0 Å². The minimum atomic E-state index is -4.45. The molecule has 0 fully saturated rings. The Morgan fingerprint density at radius 1 is 1.04 bits per heavy atom. The molecule has 0 unspecified atom stereocenters. The van der Waals surface area contributed by atoms with E-state index < -0.39 is 32.8 Å². The topological polar surface area (TPSA) is 176 Å². The molecule has 0 rings (SSSR count). The van der Waals surface area contributed by atoms with Crippen molar-refractivity contribution >= 4 is 21.2 Å². The fraction of sp³-hybridized carbons (Fsp3) is 0.545. The zero-order valence-electron chi connectivity index (χ0n) is 12.6. The lowest BCUT2D eigenvalue weighted by atomic mass is 9.97. The highest BCUT2D eigenvalue weighted by Crippen LogP contribution is 2.37. The van der Waals surface area contributed by atoms with Crippen LogP contribution in [0.15, 0.2) is 23.8 Å². The van der Waals surface area contributed by atoms with E-state index in [-0.39, 0.29) is 13.1 Å². The predicted molar refractivity (Wildman–Crippen MR) is 81.4 cm³/mol. The summed E-state index contributed by atoms with van der Waals surface area (Å²) >= 11 is 0. The largest absolute Gasteiger partial charge is 0.478 e. The number of rotatable bonds is 9. The first-order valence-corrected chi connectivity index (χ1v) is 9.73. The summed E-state index contributed by atoms with van der Waals surface area (Å²) in [5.74, 6) is -1.31. The van der Waals surface area contributed by atoms with Crippen LogP contribution >= 0.6 is 15.2 Å². The summed E-state index contributed by atoms with van der Waals surface area (Å²) in [5.41, 5.74) is -2.39. The van der Waals surface area contributed by atoms with Gasteiger partial charge < -0.3 is 29.8 Å². The molecule has 0 radical (unpaired) electrons. The van der Waals surface area contributed by atoms with Gasteiger partial charge in [-0.3, -0.25) is 14.0 Å². The lowest BCUT2D eigenvalue weighted by Crippen LogP contribution is -2.58. The van der Waals surface area contributed by atoms with Gasteiger partial charge in [0.05, 0.1) is 0 Å². The molecule has 0 saturated heterocycles. The molecular weight excluding hydrogens is 352 g/mol. The second kappa shape index (κ2) is 8.32. The summed E-state index contributed by atoms with van der Waals surface area (Å²) in [6, 6.07) is 0. The molecule has 0 spiro atoms. The van der Waals surface area contributed by atoms with E-state index in [1.165, 1.54) is 13.8 Å². The lowest BCUT2D eigenvalue weighted by Gasteiger charge is -2.38. The van der Waals surface area contributed by atoms with Crippen LogP contribution in [0.25, 0.3) is 0 Å². The highest BCUT2D eigenvalue weighted by Gasteiger charge is 2.44. The predicted octanol–water partition coefficient (Wildman–Crippen LogP) is 0.100. The molecule has 0 saturated carbocycles. The smallest absolute Gasteiger partial charge is 0.351 e. The van der Waals surface area contributed by atoms with Gasteiger partial charge in [0.15, 0.2) is 0 Å². The van der Waals surface area contributed by atoms with Crippen molar-refractivity contribution < 1.29 is 43.7 Å². The second-order valence-corrected chi connectivity index (χ2v) is 7.99. The molecule has 0 aliphatic rings. The van der Waals surface area contributed by atoms with Crippen LogP contribution in [0.4, 0.5) is 0 Å². The van der Waals surface area contributed by atoms with E-state index >= 15 is 0 Å². The maximum atomic E-state index is 11.4. The number of nitrogens with zero attached hydrogens (tertiary/aromatic N) is 1. The Morgan fingerprint density at radius 3 is 1.61 bits per heavy atom. The molecule has 0 aromatic heterocycles. The SMILES string of the molecule is CC(C)[C@@](O)(C(=O)O)N(CC=CP(=O)(O)O)CC=CP(=O)(O)O. The van der Waals surface area contributed by atoms with E-state index in [0.717, 1.165) is 17.1 Å². The number of aliphatic carboxylic acids is 1. The Morgan fingerprint density at radius 2 is 1.39 bits per heavy atom. The van der Waals surface area contributed by atoms with Crippen molar-refractivity contribution in [3.8, 4) is 0 Å². The number of carboxylic acids is 1. The number of carboxylic acid groups (broad SMARTS) is 1. The summed E-state index contributed by atoms with van der Waals surface area (Å²) < 4.78 is 21.5. The van der Waals surface area contributed by atoms with Crippen molar-refractivity contribution in [3.05, 3.63) is 23.8 Å². The Hall–Kier alpha value is -0.830. The van der Waals surface area contributed by atoms with Crippen molar-refractivity contribution in [2.45, 2.75) is 19.6 Å². The summed E-state index contributed by atoms with van der Waals surface area (Å²) in [6.45, 7) is 2.11. The zero-order chi connectivity index (χ0) is 18.5. The van der Waals surface area contributed by atoms with Gasteiger partial charge in [-0.1, -0.05) is 26.0 Å². The second-order valence-electron chi connectivity index (χ2n) is 5.04. The van der Waals surface area contributed by atoms with Crippen LogP contribution < -0.4 is 0 Å². The van der Waals surface area contributed by atoms with E-state index in [1.54, 1.807) is 0 Å². The van der Waals surface area contributed by atoms with E-state index in [2.05, 4.69) is 0 Å². The number of hydrogen-bond donors (Lipinski definition) is 6. The van der Waals surface area contributed by atoms with Crippen LogP contribution in [-0.4, -0.2) is 59.5 Å². The van der Waals surface area contributed by atoms with E-state index in [9.17, 15) is 24.1 Å². The summed E-state index contributed by atoms with van der Waals surface area (Å²) in [4.78, 5) is 47.3. The molecule has 10 nitrogen and oxygen atoms in total. The number of aliphatic hydroxyl groups is 1. The maximum absolute atomic E-state index is 11.4. The Bertz CT molecular complexity index is 528. The standard InChI is InChI=1S/C11H21NO9P2/c1-9(2)11(15,10(13)14)12(5-3-7-22(16,17)18)6-4-8-23(19,20)21/h3-4,7-9,15H,5-6H2,1-2H3,(H,13,14)(H2,16,17,18)(H2,19,20,21)/t11-/m1/s1. The number of carbonyl (C=O) groups is 1. The minimum absolute atomic E-state index is 0.364. The molecule has 134 valence electrons. The quantitative estimate of drug-likeness (QED) is 0.240. The van der Waals surface area contributed by atoms with Crippen LogP contribution in [0.1, 0.15) is 13.8 Å². The maximum Gasteiger partial charge on any atom is 0.351 e. The average molecular weight is 373 g/mol. The highest BCUT2D eigenvalue weighted by molar-refractivity contribution is 7.55. The van der Waals surface area contributed by atoms with Crippen molar-refractivity contribution in [1.29, 1.82) is 0 Å². The Kier molecular flexibility index (Phi) is 8.02. The van der Waals surface area contributed by atoms with Crippen LogP contribution in [0, 0.1) is 5.92 Å². The molecule has 0 aliphatic heterocycles. The van der Waals surface area contributed by atoms with Gasteiger partial charge in [-0.25, -0.2) is 4.79 Å². The van der Waals surface area contributed by atoms with Gasteiger partial charge in [0.2, 0.25) is 5.72 Å². The molecule has 0 aromatic carbocycles. The van der Waals surface area contributed by atoms with Gasteiger partial charge in [-0.15, -0.1) is 0 Å². The molecule has 6 N–H and O–H groups in total. The average Bonchev–Trinajstić information content (AvgIpc) is 2.32. The van der Waals surface area contributed by atoms with E-state index in [0.29, 0.717) is 11.6 Å². The third-order valence-electron chi connectivity index (χ3n) is 2.85. The molecular formula is C11H21NO9P2. The first-order chi connectivity index (χ1) is 10.2. The fourth-order valence-electron chi connectivity index (χ4n) is 1.72. The third-order valence-corrected chi connectivity index (χ3v) is 4.05. The molecule has 0 heterocycles. The first-order valence-electron chi connectivity index (χ1n) is 6.37. The van der Waals surface area contributed by atoms with Gasteiger partial charge in [0.1, 0.15) is 0 Å². The summed E-state index contributed by atoms with van der Waals surface area (Å²) in [5, 5.41) is 19.6. The first kappa shape index (κ1) is 22.2. The molecule has 0 bridgehead atoms. The molecule has 1 atom stereocenters. The molecule has 12 heteroatoms. The van der Waals surface area contributed by atoms with Gasteiger partial charge >= 0.3 is 21.2 Å². The highest BCUT2D eigenvalue weighted by atomic mass is 31.2. The molecule has 0 aliphatic carbocycles. The van der Waals surface area contributed by atoms with Crippen LogP contribution in [0.5, 0.6) is 0 Å². The Labute approximate surface area is 133 Å². The van der Waals surface area contributed by atoms with Crippen molar-refractivity contribution in [2.24, 2.45) is 5.92 Å². The van der Waals surface area contributed by atoms with Crippen molar-refractivity contribution in [1.82, 2.24) is 4.90 Å². The molecule has 0 aromatic rings. The molecule has 23 heavy (non-hydrogen) atoms. The summed E-state index contributed by atoms with van der Waals surface area (Å²) in [7, 11) is -8.91. The van der Waals surface area contributed by atoms with Gasteiger partial charge in [0.25, 0.3) is 0 Å². The van der Waals surface area contributed by atoms with Gasteiger partial charge in [0, 0.05) is 30.6 Å². The minimum Gasteiger partial charge on any atom is -0.478 e. The number of hydrogen-bond acceptors (Lipinski definition) is 5. The van der Waals surface area contributed by atoms with Crippen LogP contribution in [-0.2, 0) is 13.9 Å². The zero-order valence-corrected chi connectivity index (χ0v) is 14.3. The lowest BCUT2D eigenvalue weighted by molar-refractivity contribution is -0.191. The van der Waals surface area contributed by atoms with Crippen LogP contribution in [0.2, 0.25) is 0 Å². The Balaban J connectivity index is 5.48.